The van der Waals surface area contributed by atoms with Crippen molar-refractivity contribution in [1.82, 2.24) is 10.6 Å². The molecule has 0 heterocycles. The van der Waals surface area contributed by atoms with Gasteiger partial charge in [-0.05, 0) is 6.07 Å². The Labute approximate surface area is 118 Å². The summed E-state index contributed by atoms with van der Waals surface area (Å²) in [7, 11) is 1.57. The number of hydrogen-bond acceptors (Lipinski definition) is 4. The van der Waals surface area contributed by atoms with E-state index in [0.29, 0.717) is 12.3 Å². The lowest BCUT2D eigenvalue weighted by atomic mass is 10.2. The summed E-state index contributed by atoms with van der Waals surface area (Å²) in [5, 5.41) is 5.07. The summed E-state index contributed by atoms with van der Waals surface area (Å²) in [6.45, 7) is 0.145. The number of nitrogens with one attached hydrogen (secondary N) is 2. The van der Waals surface area contributed by atoms with Gasteiger partial charge in [0.05, 0.1) is 20.2 Å². The van der Waals surface area contributed by atoms with E-state index in [-0.39, 0.29) is 37.3 Å². The third-order valence-electron chi connectivity index (χ3n) is 2.30. The van der Waals surface area contributed by atoms with E-state index in [2.05, 4.69) is 10.6 Å². The average Bonchev–Trinajstić information content (AvgIpc) is 2.42. The Morgan fingerprint density at radius 3 is 2.53 bits per heavy atom. The fourth-order valence-electron chi connectivity index (χ4n) is 1.36. The third kappa shape index (κ3) is 6.08. The number of carbonyl (C=O) groups excluding carboxylic acids is 2. The maximum atomic E-state index is 11.4. The lowest BCUT2D eigenvalue weighted by molar-refractivity contribution is -0.125. The minimum absolute atomic E-state index is 0. The van der Waals surface area contributed by atoms with E-state index >= 15 is 0 Å². The fraction of sp³-hybridized carbons (Fsp3) is 0.333. The quantitative estimate of drug-likeness (QED) is 0.676. The molecule has 1 aromatic rings. The number of carbonyl (C=O) groups is 2. The molecule has 0 aliphatic rings. The standard InChI is InChI=1S/C12H17N3O3.ClH/c1-18-10-5-3-2-4-9(10)7-14-12(17)8-15-11(16)6-13;/h2-5H,6-8,13H2,1H3,(H,14,17)(H,15,16);1H. The Morgan fingerprint density at radius 2 is 1.89 bits per heavy atom. The second-order valence-electron chi connectivity index (χ2n) is 3.57. The number of rotatable bonds is 6. The topological polar surface area (TPSA) is 93.5 Å². The fourth-order valence-corrected chi connectivity index (χ4v) is 1.36. The van der Waals surface area contributed by atoms with Gasteiger partial charge in [-0.25, -0.2) is 0 Å². The smallest absolute Gasteiger partial charge is 0.239 e. The molecule has 7 heteroatoms. The van der Waals surface area contributed by atoms with Crippen LogP contribution in [0.15, 0.2) is 24.3 Å². The summed E-state index contributed by atoms with van der Waals surface area (Å²) in [6.07, 6.45) is 0. The van der Waals surface area contributed by atoms with Crippen LogP contribution in [0.5, 0.6) is 5.75 Å². The van der Waals surface area contributed by atoms with E-state index in [1.54, 1.807) is 7.11 Å². The molecule has 4 N–H and O–H groups in total. The number of nitrogens with two attached hydrogens (primary N) is 1. The van der Waals surface area contributed by atoms with Crippen molar-refractivity contribution in [3.05, 3.63) is 29.8 Å². The summed E-state index contributed by atoms with van der Waals surface area (Å²) in [4.78, 5) is 22.3. The second kappa shape index (κ2) is 9.18. The molecule has 0 bridgehead atoms. The highest BCUT2D eigenvalue weighted by atomic mass is 35.5. The van der Waals surface area contributed by atoms with Crippen molar-refractivity contribution in [3.63, 3.8) is 0 Å². The first kappa shape index (κ1) is 17.2. The molecule has 0 radical (unpaired) electrons. The van der Waals surface area contributed by atoms with Gasteiger partial charge in [-0.2, -0.15) is 0 Å². The van der Waals surface area contributed by atoms with Crippen molar-refractivity contribution in [2.45, 2.75) is 6.54 Å². The number of para-hydroxylation sites is 1. The maximum Gasteiger partial charge on any atom is 0.239 e. The normalized spacial score (nSPS) is 9.16. The minimum atomic E-state index is -0.359. The van der Waals surface area contributed by atoms with Crippen LogP contribution in [0.1, 0.15) is 5.56 Å². The van der Waals surface area contributed by atoms with Crippen molar-refractivity contribution in [2.24, 2.45) is 5.73 Å². The van der Waals surface area contributed by atoms with Gasteiger partial charge in [-0.3, -0.25) is 9.59 Å². The molecule has 1 rings (SSSR count). The van der Waals surface area contributed by atoms with Crippen LogP contribution in [0.25, 0.3) is 0 Å². The molecular formula is C12H18ClN3O3. The summed E-state index contributed by atoms with van der Waals surface area (Å²) in [6, 6.07) is 7.39. The van der Waals surface area contributed by atoms with E-state index in [9.17, 15) is 9.59 Å². The molecule has 0 aliphatic carbocycles. The van der Waals surface area contributed by atoms with Crippen LogP contribution in [0.2, 0.25) is 0 Å². The van der Waals surface area contributed by atoms with Gasteiger partial charge in [-0.1, -0.05) is 18.2 Å². The lowest BCUT2D eigenvalue weighted by Crippen LogP contribution is -2.39. The number of hydrogen-bond donors (Lipinski definition) is 3. The van der Waals surface area contributed by atoms with Gasteiger partial charge in [0.25, 0.3) is 0 Å². The number of methoxy groups -OCH3 is 1. The lowest BCUT2D eigenvalue weighted by Gasteiger charge is -2.09. The van der Waals surface area contributed by atoms with E-state index in [1.165, 1.54) is 0 Å². The average molecular weight is 288 g/mol. The molecule has 0 aliphatic heterocycles. The van der Waals surface area contributed by atoms with Crippen LogP contribution < -0.4 is 21.1 Å². The number of amides is 2. The second-order valence-corrected chi connectivity index (χ2v) is 3.57. The van der Waals surface area contributed by atoms with Crippen LogP contribution in [0.3, 0.4) is 0 Å². The van der Waals surface area contributed by atoms with Crippen LogP contribution >= 0.6 is 12.4 Å². The van der Waals surface area contributed by atoms with E-state index in [1.807, 2.05) is 24.3 Å². The number of ether oxygens (including phenoxy) is 1. The molecule has 0 aromatic heterocycles. The first-order valence-electron chi connectivity index (χ1n) is 5.52. The predicted molar refractivity (Wildman–Crippen MR) is 74.2 cm³/mol. The predicted octanol–water partition coefficient (Wildman–Crippen LogP) is -0.192. The molecule has 19 heavy (non-hydrogen) atoms. The van der Waals surface area contributed by atoms with E-state index in [4.69, 9.17) is 10.5 Å². The van der Waals surface area contributed by atoms with Gasteiger partial charge in [0.15, 0.2) is 0 Å². The molecule has 0 spiro atoms. The third-order valence-corrected chi connectivity index (χ3v) is 2.30. The molecule has 0 saturated carbocycles. The van der Waals surface area contributed by atoms with Gasteiger partial charge < -0.3 is 21.1 Å². The molecule has 0 saturated heterocycles. The molecule has 106 valence electrons. The summed E-state index contributed by atoms with van der Waals surface area (Å²) in [5.74, 6) is 0.0777. The molecular weight excluding hydrogens is 270 g/mol. The molecule has 2 amide bonds. The molecule has 0 fully saturated rings. The van der Waals surface area contributed by atoms with Crippen molar-refractivity contribution in [1.29, 1.82) is 0 Å². The van der Waals surface area contributed by atoms with E-state index in [0.717, 1.165) is 5.56 Å². The van der Waals surface area contributed by atoms with Gasteiger partial charge >= 0.3 is 0 Å². The summed E-state index contributed by atoms with van der Waals surface area (Å²) < 4.78 is 5.16. The molecule has 0 unspecified atom stereocenters. The highest BCUT2D eigenvalue weighted by molar-refractivity contribution is 5.85. The van der Waals surface area contributed by atoms with Crippen LogP contribution in [-0.4, -0.2) is 32.0 Å². The van der Waals surface area contributed by atoms with E-state index < -0.39 is 0 Å². The monoisotopic (exact) mass is 287 g/mol. The Hall–Kier alpha value is -1.79. The van der Waals surface area contributed by atoms with Gasteiger partial charge in [0.1, 0.15) is 5.75 Å². The Balaban J connectivity index is 0.00000324. The minimum Gasteiger partial charge on any atom is -0.496 e. The van der Waals surface area contributed by atoms with Crippen LogP contribution in [0.4, 0.5) is 0 Å². The zero-order valence-corrected chi connectivity index (χ0v) is 11.5. The molecule has 1 aromatic carbocycles. The molecule has 0 atom stereocenters. The van der Waals surface area contributed by atoms with Crippen LogP contribution in [-0.2, 0) is 16.1 Å². The SMILES string of the molecule is COc1ccccc1CNC(=O)CNC(=O)CN.Cl. The zero-order chi connectivity index (χ0) is 13.4. The van der Waals surface area contributed by atoms with Crippen molar-refractivity contribution in [3.8, 4) is 5.75 Å². The highest BCUT2D eigenvalue weighted by Gasteiger charge is 2.06. The highest BCUT2D eigenvalue weighted by Crippen LogP contribution is 2.16. The Bertz CT molecular complexity index is 426. The first-order valence-corrected chi connectivity index (χ1v) is 5.52. The Kier molecular flexibility index (Phi) is 8.32. The number of benzene rings is 1. The molecule has 6 nitrogen and oxygen atoms in total. The van der Waals surface area contributed by atoms with Crippen LogP contribution in [0, 0.1) is 0 Å². The summed E-state index contributed by atoms with van der Waals surface area (Å²) >= 11 is 0. The first-order chi connectivity index (χ1) is 8.67. The largest absolute Gasteiger partial charge is 0.496 e. The zero-order valence-electron chi connectivity index (χ0n) is 10.6. The van der Waals surface area contributed by atoms with Gasteiger partial charge in [0.2, 0.25) is 11.8 Å². The van der Waals surface area contributed by atoms with Crippen molar-refractivity contribution in [2.75, 3.05) is 20.2 Å². The Morgan fingerprint density at radius 1 is 1.21 bits per heavy atom. The number of halogens is 1. The summed E-state index contributed by atoms with van der Waals surface area (Å²) in [5.41, 5.74) is 5.97. The van der Waals surface area contributed by atoms with Gasteiger partial charge in [0, 0.05) is 12.1 Å². The van der Waals surface area contributed by atoms with Crippen molar-refractivity contribution >= 4 is 24.2 Å². The van der Waals surface area contributed by atoms with Gasteiger partial charge in [-0.15, -0.1) is 12.4 Å². The maximum absolute atomic E-state index is 11.4. The van der Waals surface area contributed by atoms with Crippen molar-refractivity contribution < 1.29 is 14.3 Å².